The number of rotatable bonds is 8. The van der Waals surface area contributed by atoms with Crippen LogP contribution in [0.15, 0.2) is 30.3 Å². The van der Waals surface area contributed by atoms with Gasteiger partial charge in [0.15, 0.2) is 5.69 Å². The molecule has 2 N–H and O–H groups in total. The second kappa shape index (κ2) is 7.54. The first-order valence-electron chi connectivity index (χ1n) is 7.07. The fourth-order valence-corrected chi connectivity index (χ4v) is 2.22. The topological polar surface area (TPSA) is 88.2 Å². The molecule has 0 bridgehead atoms. The Kier molecular flexibility index (Phi) is 5.45. The minimum atomic E-state index is -1.07. The van der Waals surface area contributed by atoms with Crippen molar-refractivity contribution >= 4 is 5.97 Å². The van der Waals surface area contributed by atoms with Gasteiger partial charge in [-0.25, -0.2) is 9.48 Å². The number of carbonyl (C=O) groups is 1. The van der Waals surface area contributed by atoms with E-state index >= 15 is 0 Å². The third-order valence-corrected chi connectivity index (χ3v) is 3.26. The lowest BCUT2D eigenvalue weighted by Gasteiger charge is -2.07. The Morgan fingerprint density at radius 3 is 2.48 bits per heavy atom. The summed E-state index contributed by atoms with van der Waals surface area (Å²) in [6.07, 6.45) is 3.60. The number of carboxylic acids is 1. The van der Waals surface area contributed by atoms with Crippen LogP contribution in [0.1, 0.15) is 36.2 Å². The highest BCUT2D eigenvalue weighted by Crippen LogP contribution is 2.22. The van der Waals surface area contributed by atoms with Gasteiger partial charge in [0.2, 0.25) is 0 Å². The number of aromatic nitrogens is 3. The van der Waals surface area contributed by atoms with Crippen LogP contribution >= 0.6 is 0 Å². The zero-order valence-electron chi connectivity index (χ0n) is 11.8. The van der Waals surface area contributed by atoms with E-state index in [1.165, 1.54) is 0 Å². The van der Waals surface area contributed by atoms with Crippen molar-refractivity contribution in [2.24, 2.45) is 0 Å². The molecule has 6 nitrogen and oxygen atoms in total. The van der Waals surface area contributed by atoms with Crippen molar-refractivity contribution < 1.29 is 15.0 Å². The highest BCUT2D eigenvalue weighted by Gasteiger charge is 2.19. The average molecular weight is 289 g/mol. The third kappa shape index (κ3) is 3.88. The molecule has 0 spiro atoms. The van der Waals surface area contributed by atoms with E-state index in [4.69, 9.17) is 5.11 Å². The molecule has 1 aromatic carbocycles. The van der Waals surface area contributed by atoms with Gasteiger partial charge in [0, 0.05) is 18.7 Å². The van der Waals surface area contributed by atoms with Crippen LogP contribution in [0.25, 0.3) is 11.3 Å². The van der Waals surface area contributed by atoms with Gasteiger partial charge < -0.3 is 10.2 Å². The Morgan fingerprint density at radius 2 is 1.81 bits per heavy atom. The van der Waals surface area contributed by atoms with E-state index in [0.29, 0.717) is 12.2 Å². The van der Waals surface area contributed by atoms with Crippen molar-refractivity contribution in [1.29, 1.82) is 0 Å². The fourth-order valence-electron chi connectivity index (χ4n) is 2.22. The molecule has 0 radical (unpaired) electrons. The molecule has 0 saturated carbocycles. The van der Waals surface area contributed by atoms with Gasteiger partial charge in [-0.1, -0.05) is 48.4 Å². The van der Waals surface area contributed by atoms with Gasteiger partial charge in [0.25, 0.3) is 0 Å². The van der Waals surface area contributed by atoms with Gasteiger partial charge in [-0.05, 0) is 12.8 Å². The summed E-state index contributed by atoms with van der Waals surface area (Å²) in [5.74, 6) is -1.07. The van der Waals surface area contributed by atoms with E-state index in [2.05, 4.69) is 10.3 Å². The molecule has 0 unspecified atom stereocenters. The Balaban J connectivity index is 2.16. The van der Waals surface area contributed by atoms with Crippen LogP contribution in [0.3, 0.4) is 0 Å². The van der Waals surface area contributed by atoms with Crippen molar-refractivity contribution in [2.45, 2.75) is 32.2 Å². The van der Waals surface area contributed by atoms with Crippen LogP contribution in [0, 0.1) is 0 Å². The number of hydrogen-bond acceptors (Lipinski definition) is 4. The molecule has 1 heterocycles. The lowest BCUT2D eigenvalue weighted by atomic mass is 10.1. The molecule has 0 aliphatic carbocycles. The summed E-state index contributed by atoms with van der Waals surface area (Å²) in [5.41, 5.74) is 1.33. The fraction of sp³-hybridized carbons (Fsp3) is 0.400. The van der Waals surface area contributed by atoms with Gasteiger partial charge in [-0.15, -0.1) is 5.10 Å². The van der Waals surface area contributed by atoms with Gasteiger partial charge in [0.05, 0.1) is 0 Å². The molecular formula is C15H19N3O3. The monoisotopic (exact) mass is 289 g/mol. The van der Waals surface area contributed by atoms with Gasteiger partial charge in [-0.2, -0.15) is 0 Å². The lowest BCUT2D eigenvalue weighted by Crippen LogP contribution is -2.05. The number of nitrogens with zero attached hydrogens (tertiary/aromatic N) is 3. The Labute approximate surface area is 123 Å². The lowest BCUT2D eigenvalue weighted by molar-refractivity contribution is 0.0691. The minimum Gasteiger partial charge on any atom is -0.476 e. The second-order valence-electron chi connectivity index (χ2n) is 4.82. The SMILES string of the molecule is O=C(O)c1nnn(CCCCCCO)c1-c1ccccc1. The number of carboxylic acid groups (broad SMARTS) is 1. The van der Waals surface area contributed by atoms with Gasteiger partial charge in [-0.3, -0.25) is 0 Å². The number of unbranched alkanes of at least 4 members (excludes halogenated alkanes) is 3. The Hall–Kier alpha value is -2.21. The smallest absolute Gasteiger partial charge is 0.358 e. The van der Waals surface area contributed by atoms with Crippen LogP contribution in [0.4, 0.5) is 0 Å². The number of aryl methyl sites for hydroxylation is 1. The number of aliphatic hydroxyl groups is 1. The maximum absolute atomic E-state index is 11.3. The number of hydrogen-bond donors (Lipinski definition) is 2. The molecular weight excluding hydrogens is 270 g/mol. The van der Waals surface area contributed by atoms with Crippen LogP contribution in [0.2, 0.25) is 0 Å². The van der Waals surface area contributed by atoms with E-state index in [1.54, 1.807) is 4.68 Å². The molecule has 2 rings (SSSR count). The molecule has 0 saturated heterocycles. The maximum Gasteiger partial charge on any atom is 0.358 e. The molecule has 0 atom stereocenters. The first-order chi connectivity index (χ1) is 10.2. The summed E-state index contributed by atoms with van der Waals surface area (Å²) >= 11 is 0. The van der Waals surface area contributed by atoms with Gasteiger partial charge >= 0.3 is 5.97 Å². The van der Waals surface area contributed by atoms with Crippen LogP contribution in [0.5, 0.6) is 0 Å². The zero-order chi connectivity index (χ0) is 15.1. The second-order valence-corrected chi connectivity index (χ2v) is 4.82. The first-order valence-corrected chi connectivity index (χ1v) is 7.07. The zero-order valence-corrected chi connectivity index (χ0v) is 11.8. The number of benzene rings is 1. The van der Waals surface area contributed by atoms with Crippen molar-refractivity contribution in [3.8, 4) is 11.3 Å². The summed E-state index contributed by atoms with van der Waals surface area (Å²) in [6.45, 7) is 0.831. The summed E-state index contributed by atoms with van der Waals surface area (Å²) in [6, 6.07) is 9.31. The van der Waals surface area contributed by atoms with E-state index < -0.39 is 5.97 Å². The van der Waals surface area contributed by atoms with Crippen molar-refractivity contribution in [1.82, 2.24) is 15.0 Å². The Morgan fingerprint density at radius 1 is 1.10 bits per heavy atom. The summed E-state index contributed by atoms with van der Waals surface area (Å²) in [4.78, 5) is 11.3. The summed E-state index contributed by atoms with van der Waals surface area (Å²) in [7, 11) is 0. The average Bonchev–Trinajstić information content (AvgIpc) is 2.92. The molecule has 6 heteroatoms. The minimum absolute atomic E-state index is 0.0171. The molecule has 2 aromatic rings. The van der Waals surface area contributed by atoms with E-state index in [0.717, 1.165) is 31.2 Å². The predicted octanol–water partition coefficient (Wildman–Crippen LogP) is 2.20. The maximum atomic E-state index is 11.3. The Bertz CT molecular complexity index is 581. The van der Waals surface area contributed by atoms with Crippen LogP contribution in [-0.4, -0.2) is 37.8 Å². The standard InChI is InChI=1S/C15H19N3O3/c19-11-7-2-1-6-10-18-14(12-8-4-3-5-9-12)13(15(20)21)16-17-18/h3-5,8-9,19H,1-2,6-7,10-11H2,(H,20,21). The molecule has 0 aliphatic rings. The molecule has 21 heavy (non-hydrogen) atoms. The summed E-state index contributed by atoms with van der Waals surface area (Å²) < 4.78 is 1.65. The van der Waals surface area contributed by atoms with Crippen molar-refractivity contribution in [3.05, 3.63) is 36.0 Å². The van der Waals surface area contributed by atoms with E-state index in [9.17, 15) is 9.90 Å². The molecule has 0 amide bonds. The van der Waals surface area contributed by atoms with Crippen LogP contribution < -0.4 is 0 Å². The van der Waals surface area contributed by atoms with E-state index in [-0.39, 0.29) is 12.3 Å². The van der Waals surface area contributed by atoms with E-state index in [1.807, 2.05) is 30.3 Å². The van der Waals surface area contributed by atoms with Crippen LogP contribution in [-0.2, 0) is 6.54 Å². The summed E-state index contributed by atoms with van der Waals surface area (Å²) in [5, 5.41) is 25.7. The molecule has 1 aromatic heterocycles. The molecule has 0 fully saturated rings. The quantitative estimate of drug-likeness (QED) is 0.727. The highest BCUT2D eigenvalue weighted by molar-refractivity contribution is 5.92. The predicted molar refractivity (Wildman–Crippen MR) is 78.0 cm³/mol. The normalized spacial score (nSPS) is 10.7. The highest BCUT2D eigenvalue weighted by atomic mass is 16.4. The first kappa shape index (κ1) is 15.2. The molecule has 112 valence electrons. The largest absolute Gasteiger partial charge is 0.476 e. The van der Waals surface area contributed by atoms with Crippen molar-refractivity contribution in [2.75, 3.05) is 6.61 Å². The van der Waals surface area contributed by atoms with Gasteiger partial charge in [0.1, 0.15) is 5.69 Å². The van der Waals surface area contributed by atoms with Crippen molar-refractivity contribution in [3.63, 3.8) is 0 Å². The third-order valence-electron chi connectivity index (χ3n) is 3.26. The number of aromatic carboxylic acids is 1. The molecule has 0 aliphatic heterocycles. The number of aliphatic hydroxyl groups excluding tert-OH is 1.